The lowest BCUT2D eigenvalue weighted by Crippen LogP contribution is -2.42. The van der Waals surface area contributed by atoms with Gasteiger partial charge in [0, 0.05) is 20.1 Å². The van der Waals surface area contributed by atoms with Crippen LogP contribution in [0.25, 0.3) is 0 Å². The van der Waals surface area contributed by atoms with E-state index in [1.54, 1.807) is 19.2 Å². The topological polar surface area (TPSA) is 79.9 Å². The van der Waals surface area contributed by atoms with Gasteiger partial charge in [-0.2, -0.15) is 0 Å². The van der Waals surface area contributed by atoms with Crippen LogP contribution in [0.15, 0.2) is 42.5 Å². The van der Waals surface area contributed by atoms with Crippen molar-refractivity contribution in [2.45, 2.75) is 13.1 Å². The molecule has 0 saturated carbocycles. The largest absolute Gasteiger partial charge is 0.486 e. The highest BCUT2D eigenvalue weighted by molar-refractivity contribution is 5.83. The van der Waals surface area contributed by atoms with Gasteiger partial charge in [-0.25, -0.2) is 9.18 Å². The number of amides is 3. The van der Waals surface area contributed by atoms with Gasteiger partial charge in [-0.15, -0.1) is 0 Å². The van der Waals surface area contributed by atoms with E-state index in [1.807, 2.05) is 18.2 Å². The number of carbonyl (C=O) groups is 2. The number of benzene rings is 2. The van der Waals surface area contributed by atoms with Crippen LogP contribution in [-0.4, -0.2) is 43.6 Å². The van der Waals surface area contributed by atoms with Gasteiger partial charge in [0.2, 0.25) is 5.91 Å². The molecule has 0 saturated heterocycles. The molecule has 7 nitrogen and oxygen atoms in total. The van der Waals surface area contributed by atoms with Gasteiger partial charge in [0.05, 0.1) is 6.54 Å². The van der Waals surface area contributed by atoms with Gasteiger partial charge in [-0.1, -0.05) is 18.2 Å². The molecule has 0 unspecified atom stereocenters. The SMILES string of the molecule is CN(Cc1ccc2c(c1)OCCO2)C(=O)CNC(=O)NCc1ccc(F)cc1. The monoisotopic (exact) mass is 387 g/mol. The summed E-state index contributed by atoms with van der Waals surface area (Å²) in [6.45, 7) is 1.53. The van der Waals surface area contributed by atoms with E-state index in [4.69, 9.17) is 9.47 Å². The second kappa shape index (κ2) is 9.07. The Morgan fingerprint density at radius 1 is 1.00 bits per heavy atom. The standard InChI is InChI=1S/C20H22FN3O4/c1-24(13-15-4-7-17-18(10-15)28-9-8-27-17)19(25)12-23-20(26)22-11-14-2-5-16(21)6-3-14/h2-7,10H,8-9,11-13H2,1H3,(H2,22,23,26). The Bertz CT molecular complexity index is 842. The number of carbonyl (C=O) groups excluding carboxylic acids is 2. The molecule has 0 aromatic heterocycles. The van der Waals surface area contributed by atoms with E-state index in [0.717, 1.165) is 11.1 Å². The molecule has 0 aliphatic carbocycles. The zero-order valence-electron chi connectivity index (χ0n) is 15.5. The smallest absolute Gasteiger partial charge is 0.315 e. The van der Waals surface area contributed by atoms with Crippen LogP contribution in [0.3, 0.4) is 0 Å². The molecule has 3 amide bonds. The Morgan fingerprint density at radius 3 is 2.43 bits per heavy atom. The van der Waals surface area contributed by atoms with E-state index in [2.05, 4.69) is 10.6 Å². The van der Waals surface area contributed by atoms with Crippen LogP contribution in [0.4, 0.5) is 9.18 Å². The zero-order chi connectivity index (χ0) is 19.9. The molecule has 8 heteroatoms. The van der Waals surface area contributed by atoms with Crippen molar-refractivity contribution >= 4 is 11.9 Å². The van der Waals surface area contributed by atoms with Crippen LogP contribution >= 0.6 is 0 Å². The summed E-state index contributed by atoms with van der Waals surface area (Å²) in [4.78, 5) is 25.6. The second-order valence-corrected chi connectivity index (χ2v) is 6.39. The third-order valence-electron chi connectivity index (χ3n) is 4.22. The molecule has 1 aliphatic rings. The van der Waals surface area contributed by atoms with E-state index in [9.17, 15) is 14.0 Å². The Hall–Kier alpha value is -3.29. The normalized spacial score (nSPS) is 12.2. The Morgan fingerprint density at radius 2 is 1.68 bits per heavy atom. The fraction of sp³-hybridized carbons (Fsp3) is 0.300. The molecule has 0 spiro atoms. The van der Waals surface area contributed by atoms with Crippen LogP contribution in [-0.2, 0) is 17.9 Å². The maximum atomic E-state index is 12.9. The minimum Gasteiger partial charge on any atom is -0.486 e. The van der Waals surface area contributed by atoms with Gasteiger partial charge in [0.15, 0.2) is 11.5 Å². The molecule has 3 rings (SSSR count). The molecule has 1 aliphatic heterocycles. The van der Waals surface area contributed by atoms with Crippen molar-refractivity contribution in [3.8, 4) is 11.5 Å². The third-order valence-corrected chi connectivity index (χ3v) is 4.22. The second-order valence-electron chi connectivity index (χ2n) is 6.39. The molecule has 0 fully saturated rings. The first-order valence-electron chi connectivity index (χ1n) is 8.90. The van der Waals surface area contributed by atoms with Crippen molar-refractivity contribution in [3.63, 3.8) is 0 Å². The van der Waals surface area contributed by atoms with E-state index in [0.29, 0.717) is 31.3 Å². The summed E-state index contributed by atoms with van der Waals surface area (Å²) in [6.07, 6.45) is 0. The number of nitrogens with one attached hydrogen (secondary N) is 2. The van der Waals surface area contributed by atoms with Crippen molar-refractivity contribution in [2.75, 3.05) is 26.8 Å². The number of halogens is 1. The van der Waals surface area contributed by atoms with E-state index in [1.165, 1.54) is 17.0 Å². The summed E-state index contributed by atoms with van der Waals surface area (Å²) in [6, 6.07) is 10.9. The summed E-state index contributed by atoms with van der Waals surface area (Å²) >= 11 is 0. The molecule has 2 aromatic rings. The lowest BCUT2D eigenvalue weighted by atomic mass is 10.2. The van der Waals surface area contributed by atoms with Crippen molar-refractivity contribution < 1.29 is 23.5 Å². The summed E-state index contributed by atoms with van der Waals surface area (Å²) in [5.74, 6) is 0.804. The quantitative estimate of drug-likeness (QED) is 0.795. The maximum Gasteiger partial charge on any atom is 0.315 e. The van der Waals surface area contributed by atoms with Crippen LogP contribution in [0.2, 0.25) is 0 Å². The van der Waals surface area contributed by atoms with E-state index in [-0.39, 0.29) is 24.8 Å². The highest BCUT2D eigenvalue weighted by atomic mass is 19.1. The average molecular weight is 387 g/mol. The Balaban J connectivity index is 1.42. The molecule has 0 bridgehead atoms. The van der Waals surface area contributed by atoms with Gasteiger partial charge >= 0.3 is 6.03 Å². The minimum atomic E-state index is -0.467. The first-order chi connectivity index (χ1) is 13.5. The van der Waals surface area contributed by atoms with Gasteiger partial charge in [-0.05, 0) is 35.4 Å². The maximum absolute atomic E-state index is 12.9. The van der Waals surface area contributed by atoms with Gasteiger partial charge < -0.3 is 25.0 Å². The fourth-order valence-electron chi connectivity index (χ4n) is 2.69. The summed E-state index contributed by atoms with van der Waals surface area (Å²) in [5.41, 5.74) is 1.67. The van der Waals surface area contributed by atoms with Crippen LogP contribution in [0, 0.1) is 5.82 Å². The third kappa shape index (κ3) is 5.35. The number of fused-ring (bicyclic) bond motifs is 1. The number of likely N-dealkylation sites (N-methyl/N-ethyl adjacent to an activating group) is 1. The Labute approximate surface area is 162 Å². The first kappa shape index (κ1) is 19.5. The molecular weight excluding hydrogens is 365 g/mol. The molecule has 1 heterocycles. The van der Waals surface area contributed by atoms with E-state index >= 15 is 0 Å². The van der Waals surface area contributed by atoms with Crippen molar-refractivity contribution in [1.82, 2.24) is 15.5 Å². The van der Waals surface area contributed by atoms with Crippen molar-refractivity contribution in [3.05, 3.63) is 59.4 Å². The molecule has 2 N–H and O–H groups in total. The number of nitrogens with zero attached hydrogens (tertiary/aromatic N) is 1. The van der Waals surface area contributed by atoms with Gasteiger partial charge in [0.25, 0.3) is 0 Å². The van der Waals surface area contributed by atoms with Crippen molar-refractivity contribution in [1.29, 1.82) is 0 Å². The molecule has 28 heavy (non-hydrogen) atoms. The number of urea groups is 1. The van der Waals surface area contributed by atoms with Crippen LogP contribution in [0.1, 0.15) is 11.1 Å². The highest BCUT2D eigenvalue weighted by Gasteiger charge is 2.15. The Kier molecular flexibility index (Phi) is 6.31. The molecule has 2 aromatic carbocycles. The molecular formula is C20H22FN3O4. The van der Waals surface area contributed by atoms with Gasteiger partial charge in [0.1, 0.15) is 19.0 Å². The van der Waals surface area contributed by atoms with Crippen molar-refractivity contribution in [2.24, 2.45) is 0 Å². The predicted molar refractivity (Wildman–Crippen MR) is 101 cm³/mol. The lowest BCUT2D eigenvalue weighted by molar-refractivity contribution is -0.129. The predicted octanol–water partition coefficient (Wildman–Crippen LogP) is 2.05. The average Bonchev–Trinajstić information content (AvgIpc) is 2.71. The number of rotatable bonds is 6. The van der Waals surface area contributed by atoms with Gasteiger partial charge in [-0.3, -0.25) is 4.79 Å². The van der Waals surface area contributed by atoms with Crippen LogP contribution < -0.4 is 20.1 Å². The number of hydrogen-bond acceptors (Lipinski definition) is 4. The molecule has 0 radical (unpaired) electrons. The van der Waals surface area contributed by atoms with E-state index < -0.39 is 6.03 Å². The lowest BCUT2D eigenvalue weighted by Gasteiger charge is -2.21. The first-order valence-corrected chi connectivity index (χ1v) is 8.90. The fourth-order valence-corrected chi connectivity index (χ4v) is 2.69. The summed E-state index contributed by atoms with van der Waals surface area (Å²) < 4.78 is 23.9. The molecule has 0 atom stereocenters. The van der Waals surface area contributed by atoms with Crippen LogP contribution in [0.5, 0.6) is 11.5 Å². The minimum absolute atomic E-state index is 0.129. The highest BCUT2D eigenvalue weighted by Crippen LogP contribution is 2.30. The number of hydrogen-bond donors (Lipinski definition) is 2. The zero-order valence-corrected chi connectivity index (χ0v) is 15.5. The summed E-state index contributed by atoms with van der Waals surface area (Å²) in [5, 5.41) is 5.14. The molecule has 148 valence electrons. The summed E-state index contributed by atoms with van der Waals surface area (Å²) in [7, 11) is 1.66. The number of ether oxygens (including phenoxy) is 2.